The SMILES string of the molecule is CC1CC[C@]23CCN[C@H](Cc4ccccc42)[C@@H]3C1. The molecule has 18 heavy (non-hydrogen) atoms. The van der Waals surface area contributed by atoms with Crippen LogP contribution in [0.5, 0.6) is 0 Å². The van der Waals surface area contributed by atoms with E-state index in [0.29, 0.717) is 5.41 Å². The van der Waals surface area contributed by atoms with E-state index in [1.54, 1.807) is 11.1 Å². The van der Waals surface area contributed by atoms with Gasteiger partial charge in [0.1, 0.15) is 0 Å². The Kier molecular flexibility index (Phi) is 2.35. The monoisotopic (exact) mass is 241 g/mol. The first-order chi connectivity index (χ1) is 8.79. The van der Waals surface area contributed by atoms with Crippen molar-refractivity contribution in [3.8, 4) is 0 Å². The molecular weight excluding hydrogens is 218 g/mol. The molecule has 0 radical (unpaired) electrons. The van der Waals surface area contributed by atoms with Crippen molar-refractivity contribution in [3.63, 3.8) is 0 Å². The highest BCUT2D eigenvalue weighted by Crippen LogP contribution is 2.54. The molecule has 96 valence electrons. The van der Waals surface area contributed by atoms with Gasteiger partial charge in [0.15, 0.2) is 0 Å². The summed E-state index contributed by atoms with van der Waals surface area (Å²) in [7, 11) is 0. The van der Waals surface area contributed by atoms with Crippen LogP contribution in [0.3, 0.4) is 0 Å². The molecule has 4 atom stereocenters. The number of nitrogens with one attached hydrogen (secondary N) is 1. The Morgan fingerprint density at radius 1 is 1.22 bits per heavy atom. The van der Waals surface area contributed by atoms with Crippen LogP contribution in [0.25, 0.3) is 0 Å². The molecule has 1 aliphatic heterocycles. The molecule has 1 unspecified atom stereocenters. The average molecular weight is 241 g/mol. The lowest BCUT2D eigenvalue weighted by Crippen LogP contribution is -2.60. The van der Waals surface area contributed by atoms with E-state index in [4.69, 9.17) is 0 Å². The van der Waals surface area contributed by atoms with Crippen LogP contribution in [0, 0.1) is 11.8 Å². The third-order valence-corrected chi connectivity index (χ3v) is 5.91. The second kappa shape index (κ2) is 3.84. The van der Waals surface area contributed by atoms with Crippen molar-refractivity contribution in [2.45, 2.75) is 50.5 Å². The highest BCUT2D eigenvalue weighted by molar-refractivity contribution is 5.41. The van der Waals surface area contributed by atoms with Gasteiger partial charge in [0, 0.05) is 11.5 Å². The second-order valence-electron chi connectivity index (χ2n) is 6.81. The maximum absolute atomic E-state index is 3.81. The Balaban J connectivity index is 1.87. The molecule has 4 rings (SSSR count). The van der Waals surface area contributed by atoms with Crippen molar-refractivity contribution in [1.29, 1.82) is 0 Å². The molecule has 1 saturated heterocycles. The van der Waals surface area contributed by atoms with Gasteiger partial charge in [-0.1, -0.05) is 31.2 Å². The zero-order valence-electron chi connectivity index (χ0n) is 11.3. The van der Waals surface area contributed by atoms with Gasteiger partial charge in [-0.25, -0.2) is 0 Å². The first-order valence-corrected chi connectivity index (χ1v) is 7.61. The van der Waals surface area contributed by atoms with Crippen LogP contribution in [0.4, 0.5) is 0 Å². The average Bonchev–Trinajstić information content (AvgIpc) is 2.39. The van der Waals surface area contributed by atoms with Crippen LogP contribution >= 0.6 is 0 Å². The van der Waals surface area contributed by atoms with Crippen LogP contribution in [-0.2, 0) is 11.8 Å². The summed E-state index contributed by atoms with van der Waals surface area (Å²) >= 11 is 0. The summed E-state index contributed by atoms with van der Waals surface area (Å²) in [4.78, 5) is 0. The van der Waals surface area contributed by atoms with Gasteiger partial charge in [0.2, 0.25) is 0 Å². The molecule has 1 N–H and O–H groups in total. The lowest BCUT2D eigenvalue weighted by atomic mass is 9.51. The molecule has 0 spiro atoms. The smallest absolute Gasteiger partial charge is 0.0144 e. The molecular formula is C17H23N. The zero-order valence-corrected chi connectivity index (χ0v) is 11.3. The van der Waals surface area contributed by atoms with Crippen LogP contribution in [-0.4, -0.2) is 12.6 Å². The van der Waals surface area contributed by atoms with E-state index in [1.807, 2.05) is 0 Å². The van der Waals surface area contributed by atoms with Crippen LogP contribution < -0.4 is 5.32 Å². The maximum Gasteiger partial charge on any atom is 0.0144 e. The summed E-state index contributed by atoms with van der Waals surface area (Å²) in [5, 5.41) is 3.81. The Morgan fingerprint density at radius 3 is 3.06 bits per heavy atom. The van der Waals surface area contributed by atoms with E-state index in [0.717, 1.165) is 17.9 Å². The summed E-state index contributed by atoms with van der Waals surface area (Å²) < 4.78 is 0. The van der Waals surface area contributed by atoms with Crippen molar-refractivity contribution < 1.29 is 0 Å². The summed E-state index contributed by atoms with van der Waals surface area (Å²) in [6.45, 7) is 3.67. The van der Waals surface area contributed by atoms with Crippen molar-refractivity contribution >= 4 is 0 Å². The lowest BCUT2D eigenvalue weighted by molar-refractivity contribution is 0.0569. The lowest BCUT2D eigenvalue weighted by Gasteiger charge is -2.57. The minimum absolute atomic E-state index is 0.525. The molecule has 1 heterocycles. The van der Waals surface area contributed by atoms with Crippen molar-refractivity contribution in [2.24, 2.45) is 11.8 Å². The zero-order chi connectivity index (χ0) is 12.2. The summed E-state index contributed by atoms with van der Waals surface area (Å²) in [5.74, 6) is 1.82. The van der Waals surface area contributed by atoms with Crippen molar-refractivity contribution in [2.75, 3.05) is 6.54 Å². The minimum Gasteiger partial charge on any atom is -0.313 e. The van der Waals surface area contributed by atoms with E-state index in [2.05, 4.69) is 36.5 Å². The maximum atomic E-state index is 3.81. The quantitative estimate of drug-likeness (QED) is 0.735. The number of rotatable bonds is 0. The highest BCUT2D eigenvalue weighted by Gasteiger charge is 2.52. The van der Waals surface area contributed by atoms with Gasteiger partial charge in [-0.15, -0.1) is 0 Å². The molecule has 0 amide bonds. The molecule has 1 heteroatoms. The van der Waals surface area contributed by atoms with Gasteiger partial charge in [-0.3, -0.25) is 0 Å². The molecule has 1 aromatic carbocycles. The van der Waals surface area contributed by atoms with E-state index >= 15 is 0 Å². The third-order valence-electron chi connectivity index (χ3n) is 5.91. The predicted octanol–water partition coefficient (Wildman–Crippen LogP) is 3.28. The number of benzene rings is 1. The van der Waals surface area contributed by atoms with Gasteiger partial charge in [-0.2, -0.15) is 0 Å². The highest BCUT2D eigenvalue weighted by atomic mass is 15.0. The Morgan fingerprint density at radius 2 is 2.11 bits per heavy atom. The molecule has 0 aromatic heterocycles. The van der Waals surface area contributed by atoms with E-state index in [1.165, 1.54) is 38.6 Å². The Bertz CT molecular complexity index is 466. The van der Waals surface area contributed by atoms with Gasteiger partial charge < -0.3 is 5.32 Å². The Hall–Kier alpha value is -0.820. The van der Waals surface area contributed by atoms with Crippen molar-refractivity contribution in [3.05, 3.63) is 35.4 Å². The fourth-order valence-electron chi connectivity index (χ4n) is 5.05. The molecule has 2 bridgehead atoms. The van der Waals surface area contributed by atoms with E-state index in [-0.39, 0.29) is 0 Å². The molecule has 2 fully saturated rings. The van der Waals surface area contributed by atoms with Gasteiger partial charge in [0.05, 0.1) is 0 Å². The molecule has 1 saturated carbocycles. The van der Waals surface area contributed by atoms with Gasteiger partial charge >= 0.3 is 0 Å². The summed E-state index contributed by atoms with van der Waals surface area (Å²) in [6, 6.07) is 10.0. The molecule has 2 aliphatic carbocycles. The largest absolute Gasteiger partial charge is 0.313 e. The second-order valence-corrected chi connectivity index (χ2v) is 6.81. The third kappa shape index (κ3) is 1.37. The van der Waals surface area contributed by atoms with E-state index in [9.17, 15) is 0 Å². The fraction of sp³-hybridized carbons (Fsp3) is 0.647. The molecule has 3 aliphatic rings. The predicted molar refractivity (Wildman–Crippen MR) is 74.7 cm³/mol. The minimum atomic E-state index is 0.525. The normalized spacial score (nSPS) is 41.9. The standard InChI is InChI=1S/C17H23N/c1-12-6-7-17-8-9-18-16(15(17)10-12)11-13-4-2-3-5-14(13)17/h2-5,12,15-16,18H,6-11H2,1H3/t12?,15-,16+,17-/m0/s1. The number of fused-ring (bicyclic) bond motifs is 1. The van der Waals surface area contributed by atoms with Gasteiger partial charge in [-0.05, 0) is 61.6 Å². The molecule has 1 aromatic rings. The number of hydrogen-bond donors (Lipinski definition) is 1. The van der Waals surface area contributed by atoms with Gasteiger partial charge in [0.25, 0.3) is 0 Å². The number of hydrogen-bond acceptors (Lipinski definition) is 1. The topological polar surface area (TPSA) is 12.0 Å². The fourth-order valence-corrected chi connectivity index (χ4v) is 5.05. The van der Waals surface area contributed by atoms with Crippen LogP contribution in [0.2, 0.25) is 0 Å². The molecule has 1 nitrogen and oxygen atoms in total. The first-order valence-electron chi connectivity index (χ1n) is 7.61. The summed E-state index contributed by atoms with van der Waals surface area (Å²) in [6.07, 6.45) is 6.91. The number of piperidine rings is 1. The first kappa shape index (κ1) is 11.0. The van der Waals surface area contributed by atoms with Crippen LogP contribution in [0.1, 0.15) is 43.7 Å². The van der Waals surface area contributed by atoms with Crippen LogP contribution in [0.15, 0.2) is 24.3 Å². The Labute approximate surface area is 110 Å². The summed E-state index contributed by atoms with van der Waals surface area (Å²) in [5.41, 5.74) is 3.86. The van der Waals surface area contributed by atoms with Crippen molar-refractivity contribution in [1.82, 2.24) is 5.32 Å². The van der Waals surface area contributed by atoms with E-state index < -0.39 is 0 Å².